The van der Waals surface area contributed by atoms with Gasteiger partial charge >= 0.3 is 0 Å². The van der Waals surface area contributed by atoms with E-state index in [2.05, 4.69) is 4.98 Å². The molecule has 1 aromatic carbocycles. The lowest BCUT2D eigenvalue weighted by Crippen LogP contribution is -2.01. The molecule has 1 heterocycles. The third-order valence-corrected chi connectivity index (χ3v) is 2.01. The fourth-order valence-corrected chi connectivity index (χ4v) is 1.28. The van der Waals surface area contributed by atoms with Crippen LogP contribution in [0.1, 0.15) is 5.69 Å². The zero-order valence-electron chi connectivity index (χ0n) is 9.08. The van der Waals surface area contributed by atoms with Gasteiger partial charge in [-0.05, 0) is 24.3 Å². The quantitative estimate of drug-likeness (QED) is 0.934. The molecular formula is C12H14Cl2N2O. The van der Waals surface area contributed by atoms with E-state index in [0.717, 1.165) is 11.4 Å². The van der Waals surface area contributed by atoms with Crippen LogP contribution in [0.25, 0.3) is 0 Å². The summed E-state index contributed by atoms with van der Waals surface area (Å²) >= 11 is 0. The summed E-state index contributed by atoms with van der Waals surface area (Å²) in [5.74, 6) is 1.51. The van der Waals surface area contributed by atoms with Crippen LogP contribution in [0.15, 0.2) is 48.7 Å². The zero-order chi connectivity index (χ0) is 10.5. The topological polar surface area (TPSA) is 48.1 Å². The van der Waals surface area contributed by atoms with Gasteiger partial charge in [0.15, 0.2) is 0 Å². The Morgan fingerprint density at radius 2 is 1.71 bits per heavy atom. The second kappa shape index (κ2) is 7.90. The first-order valence-corrected chi connectivity index (χ1v) is 4.77. The first kappa shape index (κ1) is 15.7. The van der Waals surface area contributed by atoms with Crippen LogP contribution < -0.4 is 10.5 Å². The number of hydrogen-bond donors (Lipinski definition) is 1. The summed E-state index contributed by atoms with van der Waals surface area (Å²) in [4.78, 5) is 4.14. The molecule has 2 aromatic rings. The highest BCUT2D eigenvalue weighted by atomic mass is 35.5. The van der Waals surface area contributed by atoms with Crippen molar-refractivity contribution < 1.29 is 4.74 Å². The Labute approximate surface area is 113 Å². The maximum absolute atomic E-state index is 5.66. The van der Waals surface area contributed by atoms with Gasteiger partial charge in [-0.1, -0.05) is 18.2 Å². The summed E-state index contributed by atoms with van der Waals surface area (Å²) in [5.41, 5.74) is 6.33. The Morgan fingerprint density at radius 1 is 1.00 bits per heavy atom. The first-order valence-electron chi connectivity index (χ1n) is 4.77. The molecule has 2 rings (SSSR count). The molecule has 0 amide bonds. The van der Waals surface area contributed by atoms with Crippen LogP contribution in [0, 0.1) is 0 Å². The summed E-state index contributed by atoms with van der Waals surface area (Å²) in [7, 11) is 0. The lowest BCUT2D eigenvalue weighted by atomic mass is 10.3. The van der Waals surface area contributed by atoms with Crippen molar-refractivity contribution in [1.29, 1.82) is 0 Å². The average Bonchev–Trinajstić information content (AvgIpc) is 2.31. The fraction of sp³-hybridized carbons (Fsp3) is 0.0833. The van der Waals surface area contributed by atoms with Crippen molar-refractivity contribution in [3.05, 3.63) is 54.4 Å². The van der Waals surface area contributed by atoms with E-state index >= 15 is 0 Å². The van der Waals surface area contributed by atoms with Crippen LogP contribution in [0.5, 0.6) is 11.5 Å². The third kappa shape index (κ3) is 4.23. The van der Waals surface area contributed by atoms with E-state index in [4.69, 9.17) is 10.5 Å². The summed E-state index contributed by atoms with van der Waals surface area (Å²) < 4.78 is 5.66. The number of para-hydroxylation sites is 1. The number of halogens is 2. The van der Waals surface area contributed by atoms with Gasteiger partial charge in [0.2, 0.25) is 0 Å². The number of rotatable bonds is 3. The minimum absolute atomic E-state index is 0. The summed E-state index contributed by atoms with van der Waals surface area (Å²) in [6.45, 7) is 0.378. The molecule has 0 bridgehead atoms. The highest BCUT2D eigenvalue weighted by Gasteiger charge is 2.02. The van der Waals surface area contributed by atoms with Crippen LogP contribution in [0.4, 0.5) is 0 Å². The predicted octanol–water partition coefficient (Wildman–Crippen LogP) is 3.18. The zero-order valence-corrected chi connectivity index (χ0v) is 10.7. The van der Waals surface area contributed by atoms with Crippen LogP contribution in [-0.4, -0.2) is 4.98 Å². The standard InChI is InChI=1S/C12H12N2O.2ClH/c13-9-11-12(7-4-8-14-11)15-10-5-2-1-3-6-10;;/h1-8H,9,13H2;2*1H. The van der Waals surface area contributed by atoms with Gasteiger partial charge in [0, 0.05) is 12.7 Å². The van der Waals surface area contributed by atoms with Gasteiger partial charge in [-0.2, -0.15) is 0 Å². The molecule has 1 aromatic heterocycles. The Morgan fingerprint density at radius 3 is 2.35 bits per heavy atom. The largest absolute Gasteiger partial charge is 0.455 e. The number of nitrogens with zero attached hydrogens (tertiary/aromatic N) is 1. The highest BCUT2D eigenvalue weighted by molar-refractivity contribution is 5.85. The SMILES string of the molecule is Cl.Cl.NCc1ncccc1Oc1ccccc1. The molecule has 17 heavy (non-hydrogen) atoms. The van der Waals surface area contributed by atoms with Crippen molar-refractivity contribution in [1.82, 2.24) is 4.98 Å². The van der Waals surface area contributed by atoms with Crippen LogP contribution in [0.3, 0.4) is 0 Å². The molecule has 0 spiro atoms. The third-order valence-electron chi connectivity index (χ3n) is 2.01. The lowest BCUT2D eigenvalue weighted by molar-refractivity contribution is 0.472. The maximum Gasteiger partial charge on any atom is 0.150 e. The molecule has 0 aliphatic rings. The van der Waals surface area contributed by atoms with Gasteiger partial charge < -0.3 is 10.5 Å². The molecule has 0 saturated carbocycles. The molecule has 2 N–H and O–H groups in total. The van der Waals surface area contributed by atoms with Crippen molar-refractivity contribution in [2.75, 3.05) is 0 Å². The van der Waals surface area contributed by atoms with E-state index in [1.807, 2.05) is 42.5 Å². The van der Waals surface area contributed by atoms with Crippen molar-refractivity contribution in [2.24, 2.45) is 5.73 Å². The molecule has 3 nitrogen and oxygen atoms in total. The van der Waals surface area contributed by atoms with Crippen molar-refractivity contribution >= 4 is 24.8 Å². The molecule has 0 unspecified atom stereocenters. The van der Waals surface area contributed by atoms with E-state index in [1.54, 1.807) is 6.20 Å². The van der Waals surface area contributed by atoms with Crippen LogP contribution in [0.2, 0.25) is 0 Å². The van der Waals surface area contributed by atoms with Gasteiger partial charge in [0.05, 0.1) is 5.69 Å². The van der Waals surface area contributed by atoms with E-state index in [9.17, 15) is 0 Å². The molecule has 92 valence electrons. The molecule has 0 atom stereocenters. The van der Waals surface area contributed by atoms with Crippen molar-refractivity contribution in [3.8, 4) is 11.5 Å². The number of benzene rings is 1. The van der Waals surface area contributed by atoms with Crippen LogP contribution in [-0.2, 0) is 6.54 Å². The minimum atomic E-state index is 0. The molecule has 0 radical (unpaired) electrons. The highest BCUT2D eigenvalue weighted by Crippen LogP contribution is 2.22. The number of hydrogen-bond acceptors (Lipinski definition) is 3. The Hall–Kier alpha value is -1.29. The van der Waals surface area contributed by atoms with Gasteiger partial charge in [-0.3, -0.25) is 4.98 Å². The normalized spacial score (nSPS) is 8.76. The van der Waals surface area contributed by atoms with Gasteiger partial charge in [0.1, 0.15) is 11.5 Å². The molecule has 0 aliphatic carbocycles. The minimum Gasteiger partial charge on any atom is -0.455 e. The number of aromatic nitrogens is 1. The second-order valence-electron chi connectivity index (χ2n) is 3.07. The van der Waals surface area contributed by atoms with Gasteiger partial charge in [-0.25, -0.2) is 0 Å². The van der Waals surface area contributed by atoms with E-state index < -0.39 is 0 Å². The summed E-state index contributed by atoms with van der Waals surface area (Å²) in [5, 5.41) is 0. The molecule has 0 saturated heterocycles. The number of ether oxygens (including phenoxy) is 1. The second-order valence-corrected chi connectivity index (χ2v) is 3.07. The first-order chi connectivity index (χ1) is 7.40. The average molecular weight is 273 g/mol. The van der Waals surface area contributed by atoms with E-state index in [-0.39, 0.29) is 24.8 Å². The van der Waals surface area contributed by atoms with Crippen molar-refractivity contribution in [2.45, 2.75) is 6.54 Å². The summed E-state index contributed by atoms with van der Waals surface area (Å²) in [6, 6.07) is 13.3. The van der Waals surface area contributed by atoms with Gasteiger partial charge in [0.25, 0.3) is 0 Å². The van der Waals surface area contributed by atoms with Gasteiger partial charge in [-0.15, -0.1) is 24.8 Å². The lowest BCUT2D eigenvalue weighted by Gasteiger charge is -2.08. The maximum atomic E-state index is 5.66. The summed E-state index contributed by atoms with van der Waals surface area (Å²) in [6.07, 6.45) is 1.71. The number of nitrogens with two attached hydrogens (primary N) is 1. The number of pyridine rings is 1. The Bertz CT molecular complexity index is 438. The van der Waals surface area contributed by atoms with E-state index in [0.29, 0.717) is 12.3 Å². The van der Waals surface area contributed by atoms with E-state index in [1.165, 1.54) is 0 Å². The van der Waals surface area contributed by atoms with Crippen LogP contribution >= 0.6 is 24.8 Å². The molecule has 0 aliphatic heterocycles. The molecule has 0 fully saturated rings. The fourth-order valence-electron chi connectivity index (χ4n) is 1.28. The Kier molecular flexibility index (Phi) is 7.30. The predicted molar refractivity (Wildman–Crippen MR) is 73.1 cm³/mol. The monoisotopic (exact) mass is 272 g/mol. The smallest absolute Gasteiger partial charge is 0.150 e. The molecular weight excluding hydrogens is 259 g/mol. The van der Waals surface area contributed by atoms with Crippen molar-refractivity contribution in [3.63, 3.8) is 0 Å². The Balaban J connectivity index is 0.00000128. The molecule has 5 heteroatoms.